The fourth-order valence-corrected chi connectivity index (χ4v) is 3.15. The summed E-state index contributed by atoms with van der Waals surface area (Å²) in [4.78, 5) is 20.6. The zero-order valence-corrected chi connectivity index (χ0v) is 15.4. The van der Waals surface area contributed by atoms with Crippen molar-refractivity contribution in [3.05, 3.63) is 41.9 Å². The number of amides is 1. The number of carbonyl (C=O) groups excluding carboxylic acids is 1. The van der Waals surface area contributed by atoms with E-state index >= 15 is 0 Å². The molecule has 0 aliphatic heterocycles. The summed E-state index contributed by atoms with van der Waals surface area (Å²) in [6, 6.07) is 9.77. The third-order valence-corrected chi connectivity index (χ3v) is 4.45. The standard InChI is InChI=1S/C18H20N8O/c1-4-25-11(2)9-13(22-25)17-21-16(10-15(19)27)23-26(17)18-20-12-7-5-6-8-14(12)24(18)3/h5-9H,4,10H2,1-3H3,(H2,19,27). The summed E-state index contributed by atoms with van der Waals surface area (Å²) in [7, 11) is 1.92. The van der Waals surface area contributed by atoms with Crippen molar-refractivity contribution >= 4 is 16.9 Å². The lowest BCUT2D eigenvalue weighted by atomic mass is 10.3. The highest BCUT2D eigenvalue weighted by Crippen LogP contribution is 2.23. The van der Waals surface area contributed by atoms with E-state index in [0.29, 0.717) is 23.3 Å². The van der Waals surface area contributed by atoms with Crippen LogP contribution in [0.15, 0.2) is 30.3 Å². The molecular weight excluding hydrogens is 344 g/mol. The Bertz CT molecular complexity index is 1150. The van der Waals surface area contributed by atoms with Crippen LogP contribution in [0.3, 0.4) is 0 Å². The van der Waals surface area contributed by atoms with Gasteiger partial charge in [0.2, 0.25) is 11.9 Å². The van der Waals surface area contributed by atoms with Gasteiger partial charge < -0.3 is 10.3 Å². The Morgan fingerprint density at radius 3 is 2.63 bits per heavy atom. The number of nitrogens with zero attached hydrogens (tertiary/aromatic N) is 7. The van der Waals surface area contributed by atoms with Gasteiger partial charge in [-0.25, -0.2) is 9.97 Å². The van der Waals surface area contributed by atoms with Gasteiger partial charge in [-0.1, -0.05) is 12.1 Å². The van der Waals surface area contributed by atoms with Gasteiger partial charge in [-0.3, -0.25) is 9.48 Å². The number of hydrogen-bond acceptors (Lipinski definition) is 5. The van der Waals surface area contributed by atoms with E-state index in [-0.39, 0.29) is 6.42 Å². The molecule has 0 bridgehead atoms. The zero-order chi connectivity index (χ0) is 19.1. The van der Waals surface area contributed by atoms with E-state index in [1.54, 1.807) is 4.68 Å². The smallest absolute Gasteiger partial charge is 0.233 e. The van der Waals surface area contributed by atoms with Gasteiger partial charge in [-0.15, -0.1) is 5.10 Å². The van der Waals surface area contributed by atoms with Crippen molar-refractivity contribution in [2.75, 3.05) is 0 Å². The quantitative estimate of drug-likeness (QED) is 0.575. The molecule has 0 aliphatic rings. The second-order valence-electron chi connectivity index (χ2n) is 6.35. The van der Waals surface area contributed by atoms with Crippen molar-refractivity contribution in [1.82, 2.24) is 34.1 Å². The maximum atomic E-state index is 11.4. The summed E-state index contributed by atoms with van der Waals surface area (Å²) < 4.78 is 5.45. The van der Waals surface area contributed by atoms with Crippen LogP contribution in [0, 0.1) is 6.92 Å². The van der Waals surface area contributed by atoms with Crippen LogP contribution in [-0.2, 0) is 24.8 Å². The molecule has 0 saturated carbocycles. The SMILES string of the molecule is CCn1nc(-c2nc(CC(N)=O)nn2-c2nc3ccccc3n2C)cc1C. The molecule has 4 aromatic rings. The Kier molecular flexibility index (Phi) is 3.98. The van der Waals surface area contributed by atoms with Crippen LogP contribution >= 0.6 is 0 Å². The molecule has 2 N–H and O–H groups in total. The number of nitrogens with two attached hydrogens (primary N) is 1. The lowest BCUT2D eigenvalue weighted by Gasteiger charge is -2.04. The Balaban J connectivity index is 1.93. The monoisotopic (exact) mass is 364 g/mol. The van der Waals surface area contributed by atoms with Gasteiger partial charge in [0.1, 0.15) is 5.69 Å². The topological polar surface area (TPSA) is 109 Å². The number of aromatic nitrogens is 7. The molecule has 4 rings (SSSR count). The number of benzene rings is 1. The third kappa shape index (κ3) is 2.86. The number of imidazole rings is 1. The van der Waals surface area contributed by atoms with E-state index in [0.717, 1.165) is 23.3 Å². The average Bonchev–Trinajstić information content (AvgIpc) is 3.30. The third-order valence-electron chi connectivity index (χ3n) is 4.45. The van der Waals surface area contributed by atoms with Gasteiger partial charge in [-0.05, 0) is 32.0 Å². The molecule has 138 valence electrons. The average molecular weight is 364 g/mol. The Morgan fingerprint density at radius 2 is 1.96 bits per heavy atom. The molecule has 1 amide bonds. The van der Waals surface area contributed by atoms with Crippen LogP contribution in [0.5, 0.6) is 0 Å². The minimum atomic E-state index is -0.487. The number of hydrogen-bond donors (Lipinski definition) is 1. The number of aryl methyl sites for hydroxylation is 3. The van der Waals surface area contributed by atoms with Crippen LogP contribution in [0.4, 0.5) is 0 Å². The molecule has 0 aliphatic carbocycles. The number of rotatable bonds is 5. The van der Waals surface area contributed by atoms with E-state index in [1.807, 2.05) is 60.5 Å². The number of carbonyl (C=O) groups is 1. The first-order valence-corrected chi connectivity index (χ1v) is 8.68. The summed E-state index contributed by atoms with van der Waals surface area (Å²) >= 11 is 0. The molecule has 3 heterocycles. The van der Waals surface area contributed by atoms with Gasteiger partial charge in [0.25, 0.3) is 0 Å². The predicted molar refractivity (Wildman–Crippen MR) is 100 cm³/mol. The summed E-state index contributed by atoms with van der Waals surface area (Å²) in [5.41, 5.74) is 8.84. The van der Waals surface area contributed by atoms with Crippen LogP contribution in [-0.4, -0.2) is 40.0 Å². The molecule has 27 heavy (non-hydrogen) atoms. The highest BCUT2D eigenvalue weighted by Gasteiger charge is 2.21. The van der Waals surface area contributed by atoms with Crippen molar-refractivity contribution in [3.63, 3.8) is 0 Å². The Morgan fingerprint density at radius 1 is 1.19 bits per heavy atom. The first-order valence-electron chi connectivity index (χ1n) is 8.68. The van der Waals surface area contributed by atoms with Crippen LogP contribution < -0.4 is 5.73 Å². The molecule has 1 aromatic carbocycles. The fraction of sp³-hybridized carbons (Fsp3) is 0.278. The zero-order valence-electron chi connectivity index (χ0n) is 15.4. The van der Waals surface area contributed by atoms with Crippen molar-refractivity contribution < 1.29 is 4.79 Å². The molecule has 0 unspecified atom stereocenters. The molecule has 0 radical (unpaired) electrons. The number of para-hydroxylation sites is 2. The fourth-order valence-electron chi connectivity index (χ4n) is 3.15. The molecule has 0 atom stereocenters. The first-order chi connectivity index (χ1) is 13.0. The van der Waals surface area contributed by atoms with E-state index in [9.17, 15) is 4.79 Å². The molecular formula is C18H20N8O. The molecule has 3 aromatic heterocycles. The van der Waals surface area contributed by atoms with Crippen LogP contribution in [0.1, 0.15) is 18.4 Å². The summed E-state index contributed by atoms with van der Waals surface area (Å²) in [6.07, 6.45) is -0.0442. The molecule has 9 heteroatoms. The molecule has 0 fully saturated rings. The van der Waals surface area contributed by atoms with Crippen molar-refractivity contribution in [2.45, 2.75) is 26.8 Å². The van der Waals surface area contributed by atoms with E-state index in [2.05, 4.69) is 20.2 Å². The largest absolute Gasteiger partial charge is 0.369 e. The summed E-state index contributed by atoms with van der Waals surface area (Å²) in [6.45, 7) is 4.76. The van der Waals surface area contributed by atoms with Crippen molar-refractivity contribution in [3.8, 4) is 17.5 Å². The highest BCUT2D eigenvalue weighted by atomic mass is 16.1. The first kappa shape index (κ1) is 17.0. The van der Waals surface area contributed by atoms with Gasteiger partial charge >= 0.3 is 0 Å². The van der Waals surface area contributed by atoms with Gasteiger partial charge in [-0.2, -0.15) is 9.78 Å². The second-order valence-corrected chi connectivity index (χ2v) is 6.35. The van der Waals surface area contributed by atoms with Crippen molar-refractivity contribution in [2.24, 2.45) is 12.8 Å². The summed E-state index contributed by atoms with van der Waals surface area (Å²) in [5, 5.41) is 9.09. The van der Waals surface area contributed by atoms with E-state index < -0.39 is 5.91 Å². The molecule has 0 spiro atoms. The van der Waals surface area contributed by atoms with Gasteiger partial charge in [0.05, 0.1) is 17.5 Å². The van der Waals surface area contributed by atoms with Gasteiger partial charge in [0, 0.05) is 19.3 Å². The van der Waals surface area contributed by atoms with Crippen LogP contribution in [0.25, 0.3) is 28.5 Å². The second kappa shape index (κ2) is 6.35. The number of fused-ring (bicyclic) bond motifs is 1. The normalized spacial score (nSPS) is 11.4. The molecule has 9 nitrogen and oxygen atoms in total. The Hall–Kier alpha value is -3.49. The molecule has 0 saturated heterocycles. The maximum Gasteiger partial charge on any atom is 0.233 e. The number of primary amides is 1. The van der Waals surface area contributed by atoms with Crippen LogP contribution in [0.2, 0.25) is 0 Å². The highest BCUT2D eigenvalue weighted by molar-refractivity contribution is 5.77. The lowest BCUT2D eigenvalue weighted by molar-refractivity contribution is -0.117. The van der Waals surface area contributed by atoms with Crippen molar-refractivity contribution in [1.29, 1.82) is 0 Å². The Labute approximate surface area is 155 Å². The minimum Gasteiger partial charge on any atom is -0.369 e. The van der Waals surface area contributed by atoms with E-state index in [1.165, 1.54) is 0 Å². The predicted octanol–water partition coefficient (Wildman–Crippen LogP) is 1.37. The summed E-state index contributed by atoms with van der Waals surface area (Å²) in [5.74, 6) is 0.977. The minimum absolute atomic E-state index is 0.0442. The van der Waals surface area contributed by atoms with Gasteiger partial charge in [0.15, 0.2) is 11.6 Å². The lowest BCUT2D eigenvalue weighted by Crippen LogP contribution is -2.15. The maximum absolute atomic E-state index is 11.4. The van der Waals surface area contributed by atoms with E-state index in [4.69, 9.17) is 5.73 Å².